The fraction of sp³-hybridized carbons (Fsp3) is 0.333. The highest BCUT2D eigenvalue weighted by Crippen LogP contribution is 2.06. The van der Waals surface area contributed by atoms with E-state index in [0.717, 1.165) is 0 Å². The van der Waals surface area contributed by atoms with Crippen LogP contribution in [0.25, 0.3) is 0 Å². The molecule has 0 saturated heterocycles. The summed E-state index contributed by atoms with van der Waals surface area (Å²) in [5, 5.41) is 19.7. The lowest BCUT2D eigenvalue weighted by atomic mass is 10.3. The number of hydrogen-bond donors (Lipinski definition) is 2. The summed E-state index contributed by atoms with van der Waals surface area (Å²) in [6.07, 6.45) is 0.595. The molecule has 0 amide bonds. The molecule has 1 aromatic rings. The second-order valence-corrected chi connectivity index (χ2v) is 2.77. The van der Waals surface area contributed by atoms with Gasteiger partial charge in [0.15, 0.2) is 0 Å². The van der Waals surface area contributed by atoms with Gasteiger partial charge in [-0.2, -0.15) is 5.26 Å². The van der Waals surface area contributed by atoms with E-state index in [1.807, 2.05) is 13.0 Å². The van der Waals surface area contributed by atoms with Gasteiger partial charge >= 0.3 is 5.97 Å². The number of rotatable bonds is 4. The Labute approximate surface area is 86.6 Å². The number of nitrogens with zero attached hydrogens (tertiary/aromatic N) is 3. The molecule has 1 heterocycles. The standard InChI is InChI=1S/C9H10N4O2/c1-2-7-12-6(4-10)3-8(13-7)11-5-9(14)15/h3H,2,5H2,1H3,(H,14,15)(H,11,12,13). The van der Waals surface area contributed by atoms with Crippen molar-refractivity contribution in [2.24, 2.45) is 0 Å². The second-order valence-electron chi connectivity index (χ2n) is 2.77. The molecule has 0 fully saturated rings. The molecule has 0 unspecified atom stereocenters. The molecule has 0 saturated carbocycles. The van der Waals surface area contributed by atoms with Gasteiger partial charge in [-0.25, -0.2) is 9.97 Å². The second kappa shape index (κ2) is 4.91. The molecule has 78 valence electrons. The number of nitriles is 1. The molecule has 0 radical (unpaired) electrons. The van der Waals surface area contributed by atoms with Crippen LogP contribution in [0.1, 0.15) is 18.4 Å². The Morgan fingerprint density at radius 3 is 2.93 bits per heavy atom. The minimum absolute atomic E-state index is 0.231. The van der Waals surface area contributed by atoms with Crippen LogP contribution < -0.4 is 5.32 Å². The molecule has 15 heavy (non-hydrogen) atoms. The summed E-state index contributed by atoms with van der Waals surface area (Å²) in [5.74, 6) is -0.104. The molecule has 1 rings (SSSR count). The highest BCUT2D eigenvalue weighted by Gasteiger charge is 2.03. The number of carboxylic acid groups (broad SMARTS) is 1. The van der Waals surface area contributed by atoms with Gasteiger partial charge < -0.3 is 10.4 Å². The van der Waals surface area contributed by atoms with Gasteiger partial charge in [0.2, 0.25) is 0 Å². The number of aliphatic carboxylic acids is 1. The Morgan fingerprint density at radius 2 is 2.40 bits per heavy atom. The van der Waals surface area contributed by atoms with Gasteiger partial charge in [-0.15, -0.1) is 0 Å². The Balaban J connectivity index is 2.88. The van der Waals surface area contributed by atoms with Crippen LogP contribution in [0.4, 0.5) is 5.82 Å². The lowest BCUT2D eigenvalue weighted by molar-refractivity contribution is -0.134. The monoisotopic (exact) mass is 206 g/mol. The number of aryl methyl sites for hydroxylation is 1. The lowest BCUT2D eigenvalue weighted by Crippen LogP contribution is -2.14. The van der Waals surface area contributed by atoms with E-state index in [9.17, 15) is 4.79 Å². The normalized spacial score (nSPS) is 9.33. The van der Waals surface area contributed by atoms with Gasteiger partial charge in [0.1, 0.15) is 30.0 Å². The molecular formula is C9H10N4O2. The van der Waals surface area contributed by atoms with Crippen molar-refractivity contribution < 1.29 is 9.90 Å². The van der Waals surface area contributed by atoms with Gasteiger partial charge in [0.25, 0.3) is 0 Å². The number of hydrogen-bond acceptors (Lipinski definition) is 5. The van der Waals surface area contributed by atoms with Crippen LogP contribution in [0.15, 0.2) is 6.07 Å². The zero-order valence-electron chi connectivity index (χ0n) is 8.19. The van der Waals surface area contributed by atoms with Crippen molar-refractivity contribution in [3.05, 3.63) is 17.6 Å². The Bertz CT molecular complexity index is 411. The third-order valence-corrected chi connectivity index (χ3v) is 1.62. The van der Waals surface area contributed by atoms with E-state index in [1.54, 1.807) is 0 Å². The van der Waals surface area contributed by atoms with Crippen molar-refractivity contribution in [1.82, 2.24) is 9.97 Å². The number of carbonyl (C=O) groups is 1. The van der Waals surface area contributed by atoms with Crippen molar-refractivity contribution >= 4 is 11.8 Å². The van der Waals surface area contributed by atoms with Crippen LogP contribution in [0.2, 0.25) is 0 Å². The average Bonchev–Trinajstić information content (AvgIpc) is 2.25. The van der Waals surface area contributed by atoms with Crippen LogP contribution in [0, 0.1) is 11.3 Å². The first kappa shape index (κ1) is 10.9. The van der Waals surface area contributed by atoms with E-state index >= 15 is 0 Å². The van der Waals surface area contributed by atoms with Gasteiger partial charge in [-0.1, -0.05) is 6.92 Å². The van der Waals surface area contributed by atoms with Crippen LogP contribution in [0.5, 0.6) is 0 Å². The van der Waals surface area contributed by atoms with Crippen molar-refractivity contribution in [3.8, 4) is 6.07 Å². The SMILES string of the molecule is CCc1nc(C#N)cc(NCC(=O)O)n1. The topological polar surface area (TPSA) is 98.9 Å². The van der Waals surface area contributed by atoms with E-state index in [2.05, 4.69) is 15.3 Å². The zero-order chi connectivity index (χ0) is 11.3. The first-order chi connectivity index (χ1) is 7.15. The third-order valence-electron chi connectivity index (χ3n) is 1.62. The Morgan fingerprint density at radius 1 is 1.67 bits per heavy atom. The highest BCUT2D eigenvalue weighted by atomic mass is 16.4. The molecule has 0 bridgehead atoms. The van der Waals surface area contributed by atoms with Crippen LogP contribution in [0.3, 0.4) is 0 Å². The van der Waals surface area contributed by atoms with E-state index < -0.39 is 5.97 Å². The highest BCUT2D eigenvalue weighted by molar-refractivity contribution is 5.72. The minimum Gasteiger partial charge on any atom is -0.480 e. The zero-order valence-corrected chi connectivity index (χ0v) is 8.19. The third kappa shape index (κ3) is 3.23. The fourth-order valence-electron chi connectivity index (χ4n) is 0.969. The number of carboxylic acids is 1. The summed E-state index contributed by atoms with van der Waals surface area (Å²) >= 11 is 0. The largest absolute Gasteiger partial charge is 0.480 e. The molecule has 0 aromatic carbocycles. The van der Waals surface area contributed by atoms with E-state index in [0.29, 0.717) is 18.1 Å². The number of aromatic nitrogens is 2. The van der Waals surface area contributed by atoms with Gasteiger partial charge in [0.05, 0.1) is 0 Å². The Hall–Kier alpha value is -2.16. The first-order valence-electron chi connectivity index (χ1n) is 4.39. The summed E-state index contributed by atoms with van der Waals surface area (Å²) < 4.78 is 0. The first-order valence-corrected chi connectivity index (χ1v) is 4.39. The maximum atomic E-state index is 10.3. The minimum atomic E-state index is -0.981. The molecule has 0 aliphatic carbocycles. The molecule has 1 aromatic heterocycles. The van der Waals surface area contributed by atoms with E-state index in [4.69, 9.17) is 10.4 Å². The van der Waals surface area contributed by atoms with Gasteiger partial charge in [-0.05, 0) is 0 Å². The summed E-state index contributed by atoms with van der Waals surface area (Å²) in [7, 11) is 0. The summed E-state index contributed by atoms with van der Waals surface area (Å²) in [5.41, 5.74) is 0.231. The van der Waals surface area contributed by atoms with Crippen LogP contribution >= 0.6 is 0 Å². The summed E-state index contributed by atoms with van der Waals surface area (Å²) in [6.45, 7) is 1.63. The van der Waals surface area contributed by atoms with Gasteiger partial charge in [0, 0.05) is 12.5 Å². The molecule has 0 spiro atoms. The smallest absolute Gasteiger partial charge is 0.322 e. The molecule has 0 atom stereocenters. The summed E-state index contributed by atoms with van der Waals surface area (Å²) in [4.78, 5) is 18.3. The van der Waals surface area contributed by atoms with Crippen LogP contribution in [-0.2, 0) is 11.2 Å². The van der Waals surface area contributed by atoms with Crippen molar-refractivity contribution in [2.75, 3.05) is 11.9 Å². The molecule has 6 heteroatoms. The fourth-order valence-corrected chi connectivity index (χ4v) is 0.969. The predicted octanol–water partition coefficient (Wildman–Crippen LogP) is 0.407. The van der Waals surface area contributed by atoms with Crippen molar-refractivity contribution in [3.63, 3.8) is 0 Å². The maximum absolute atomic E-state index is 10.3. The molecular weight excluding hydrogens is 196 g/mol. The number of nitrogens with one attached hydrogen (secondary N) is 1. The molecule has 0 aliphatic heterocycles. The average molecular weight is 206 g/mol. The Kier molecular flexibility index (Phi) is 3.57. The lowest BCUT2D eigenvalue weighted by Gasteiger charge is -2.04. The molecule has 2 N–H and O–H groups in total. The van der Waals surface area contributed by atoms with Crippen molar-refractivity contribution in [1.29, 1.82) is 5.26 Å². The van der Waals surface area contributed by atoms with E-state index in [1.165, 1.54) is 6.07 Å². The maximum Gasteiger partial charge on any atom is 0.322 e. The van der Waals surface area contributed by atoms with Crippen molar-refractivity contribution in [2.45, 2.75) is 13.3 Å². The predicted molar refractivity (Wildman–Crippen MR) is 52.3 cm³/mol. The quantitative estimate of drug-likeness (QED) is 0.740. The number of anilines is 1. The van der Waals surface area contributed by atoms with Gasteiger partial charge in [-0.3, -0.25) is 4.79 Å². The van der Waals surface area contributed by atoms with E-state index in [-0.39, 0.29) is 12.2 Å². The molecule has 0 aliphatic rings. The summed E-state index contributed by atoms with van der Waals surface area (Å²) in [6, 6.07) is 3.31. The van der Waals surface area contributed by atoms with Crippen LogP contribution in [-0.4, -0.2) is 27.6 Å². The molecule has 6 nitrogen and oxygen atoms in total.